The summed E-state index contributed by atoms with van der Waals surface area (Å²) >= 11 is 1.22. The van der Waals surface area contributed by atoms with E-state index in [1.165, 1.54) is 16.8 Å². The van der Waals surface area contributed by atoms with Crippen molar-refractivity contribution in [2.75, 3.05) is 5.32 Å². The molecule has 4 atom stereocenters. The minimum Gasteiger partial charge on any atom is -0.481 e. The fourth-order valence-corrected chi connectivity index (χ4v) is 3.38. The van der Waals surface area contributed by atoms with E-state index in [9.17, 15) is 14.7 Å². The predicted molar refractivity (Wildman–Crippen MR) is 63.9 cm³/mol. The molecule has 0 aliphatic heterocycles. The molecule has 1 fully saturated rings. The molecule has 6 nitrogen and oxygen atoms in total. The van der Waals surface area contributed by atoms with E-state index in [1.807, 2.05) is 12.2 Å². The van der Waals surface area contributed by atoms with Crippen LogP contribution >= 0.6 is 11.3 Å². The van der Waals surface area contributed by atoms with Crippen molar-refractivity contribution in [3.63, 3.8) is 0 Å². The summed E-state index contributed by atoms with van der Waals surface area (Å²) in [4.78, 5) is 23.4. The fraction of sp³-hybridized carbons (Fsp3) is 0.455. The first kappa shape index (κ1) is 11.3. The number of carbonyl (C=O) groups is 2. The molecule has 94 valence electrons. The van der Waals surface area contributed by atoms with E-state index < -0.39 is 17.8 Å². The van der Waals surface area contributed by atoms with Gasteiger partial charge in [0.15, 0.2) is 0 Å². The van der Waals surface area contributed by atoms with Gasteiger partial charge in [0.1, 0.15) is 5.51 Å². The summed E-state index contributed by atoms with van der Waals surface area (Å²) in [5, 5.41) is 19.7. The third-order valence-electron chi connectivity index (χ3n) is 3.64. The minimum absolute atomic E-state index is 0.0160. The number of aromatic nitrogens is 2. The molecule has 7 heteroatoms. The van der Waals surface area contributed by atoms with E-state index in [0.717, 1.165) is 6.42 Å². The molecule has 0 radical (unpaired) electrons. The number of nitrogens with one attached hydrogen (secondary N) is 1. The summed E-state index contributed by atoms with van der Waals surface area (Å²) in [5.74, 6) is -2.27. The molecule has 1 aromatic rings. The Balaban J connectivity index is 1.80. The van der Waals surface area contributed by atoms with Crippen molar-refractivity contribution < 1.29 is 14.7 Å². The van der Waals surface area contributed by atoms with Gasteiger partial charge in [-0.2, -0.15) is 0 Å². The second-order valence-corrected chi connectivity index (χ2v) is 5.40. The average molecular weight is 265 g/mol. The van der Waals surface area contributed by atoms with E-state index in [4.69, 9.17) is 0 Å². The maximum Gasteiger partial charge on any atom is 0.307 e. The SMILES string of the molecule is O=C(O)C1C2C=CC(C2)C1C(=O)Nc1nncs1. The molecule has 2 aliphatic carbocycles. The van der Waals surface area contributed by atoms with Crippen molar-refractivity contribution in [2.45, 2.75) is 6.42 Å². The maximum atomic E-state index is 12.1. The molecule has 0 spiro atoms. The molecule has 2 aliphatic rings. The van der Waals surface area contributed by atoms with Crippen LogP contribution in [0.25, 0.3) is 0 Å². The summed E-state index contributed by atoms with van der Waals surface area (Å²) in [7, 11) is 0. The number of hydrogen-bond acceptors (Lipinski definition) is 5. The molecular weight excluding hydrogens is 254 g/mol. The van der Waals surface area contributed by atoms with Crippen LogP contribution < -0.4 is 5.32 Å². The van der Waals surface area contributed by atoms with Crippen LogP contribution in [0.4, 0.5) is 5.13 Å². The van der Waals surface area contributed by atoms with Crippen molar-refractivity contribution in [2.24, 2.45) is 23.7 Å². The summed E-state index contributed by atoms with van der Waals surface area (Å²) in [5.41, 5.74) is 1.52. The lowest BCUT2D eigenvalue weighted by atomic mass is 9.82. The Morgan fingerprint density at radius 3 is 2.67 bits per heavy atom. The Morgan fingerprint density at radius 1 is 1.33 bits per heavy atom. The highest BCUT2D eigenvalue weighted by molar-refractivity contribution is 7.13. The quantitative estimate of drug-likeness (QED) is 0.795. The molecule has 1 amide bonds. The van der Waals surface area contributed by atoms with Gasteiger partial charge in [-0.1, -0.05) is 23.5 Å². The molecule has 2 N–H and O–H groups in total. The standard InChI is InChI=1S/C11H11N3O3S/c15-9(13-11-14-12-4-18-11)7-5-1-2-6(3-5)8(7)10(16)17/h1-2,4-8H,3H2,(H,16,17)(H,13,14,15). The number of amides is 1. The topological polar surface area (TPSA) is 92.2 Å². The lowest BCUT2D eigenvalue weighted by Crippen LogP contribution is -2.36. The molecule has 4 unspecified atom stereocenters. The third-order valence-corrected chi connectivity index (χ3v) is 4.24. The van der Waals surface area contributed by atoms with Crippen LogP contribution in [-0.4, -0.2) is 27.2 Å². The number of fused-ring (bicyclic) bond motifs is 2. The van der Waals surface area contributed by atoms with Gasteiger partial charge in [0.2, 0.25) is 11.0 Å². The summed E-state index contributed by atoms with van der Waals surface area (Å²) in [6.07, 6.45) is 4.62. The number of aliphatic carboxylic acids is 1. The van der Waals surface area contributed by atoms with E-state index in [2.05, 4.69) is 15.5 Å². The number of anilines is 1. The molecule has 1 aromatic heterocycles. The van der Waals surface area contributed by atoms with Gasteiger partial charge in [-0.05, 0) is 18.3 Å². The van der Waals surface area contributed by atoms with Crippen LogP contribution in [0, 0.1) is 23.7 Å². The van der Waals surface area contributed by atoms with Gasteiger partial charge in [-0.15, -0.1) is 10.2 Å². The summed E-state index contributed by atoms with van der Waals surface area (Å²) in [6.45, 7) is 0. The number of carbonyl (C=O) groups excluding carboxylic acids is 1. The second kappa shape index (κ2) is 4.16. The van der Waals surface area contributed by atoms with Crippen molar-refractivity contribution >= 4 is 28.3 Å². The minimum atomic E-state index is -0.899. The fourth-order valence-electron chi connectivity index (χ4n) is 2.93. The van der Waals surface area contributed by atoms with Crippen LogP contribution in [0.3, 0.4) is 0 Å². The largest absolute Gasteiger partial charge is 0.481 e. The van der Waals surface area contributed by atoms with Crippen molar-refractivity contribution in [3.05, 3.63) is 17.7 Å². The van der Waals surface area contributed by atoms with Crippen LogP contribution in [0.2, 0.25) is 0 Å². The highest BCUT2D eigenvalue weighted by atomic mass is 32.1. The molecule has 0 saturated heterocycles. The summed E-state index contributed by atoms with van der Waals surface area (Å²) < 4.78 is 0. The number of nitrogens with zero attached hydrogens (tertiary/aromatic N) is 2. The number of rotatable bonds is 3. The molecule has 18 heavy (non-hydrogen) atoms. The third kappa shape index (κ3) is 1.71. The van der Waals surface area contributed by atoms with Crippen molar-refractivity contribution in [1.29, 1.82) is 0 Å². The normalized spacial score (nSPS) is 32.7. The average Bonchev–Trinajstić information content (AvgIpc) is 3.03. The van der Waals surface area contributed by atoms with Crippen LogP contribution in [0.15, 0.2) is 17.7 Å². The van der Waals surface area contributed by atoms with E-state index in [-0.39, 0.29) is 17.7 Å². The van der Waals surface area contributed by atoms with E-state index in [1.54, 1.807) is 0 Å². The molecule has 3 rings (SSSR count). The zero-order chi connectivity index (χ0) is 12.7. The van der Waals surface area contributed by atoms with Crippen LogP contribution in [0.1, 0.15) is 6.42 Å². The second-order valence-electron chi connectivity index (χ2n) is 4.57. The molecule has 1 saturated carbocycles. The van der Waals surface area contributed by atoms with Gasteiger partial charge in [0.25, 0.3) is 0 Å². The first-order valence-electron chi connectivity index (χ1n) is 5.65. The highest BCUT2D eigenvalue weighted by Crippen LogP contribution is 2.48. The number of carboxylic acid groups (broad SMARTS) is 1. The highest BCUT2D eigenvalue weighted by Gasteiger charge is 2.51. The number of hydrogen-bond donors (Lipinski definition) is 2. The molecule has 2 bridgehead atoms. The Bertz CT molecular complexity index is 514. The first-order chi connectivity index (χ1) is 8.66. The lowest BCUT2D eigenvalue weighted by molar-refractivity contribution is -0.146. The lowest BCUT2D eigenvalue weighted by Gasteiger charge is -2.23. The van der Waals surface area contributed by atoms with Gasteiger partial charge in [0, 0.05) is 0 Å². The predicted octanol–water partition coefficient (Wildman–Crippen LogP) is 0.999. The first-order valence-corrected chi connectivity index (χ1v) is 6.53. The van der Waals surface area contributed by atoms with Crippen molar-refractivity contribution in [3.8, 4) is 0 Å². The van der Waals surface area contributed by atoms with Crippen molar-refractivity contribution in [1.82, 2.24) is 10.2 Å². The molecule has 0 aromatic carbocycles. The van der Waals surface area contributed by atoms with Gasteiger partial charge in [-0.25, -0.2) is 0 Å². The Morgan fingerprint density at radius 2 is 2.06 bits per heavy atom. The van der Waals surface area contributed by atoms with Gasteiger partial charge in [0.05, 0.1) is 11.8 Å². The smallest absolute Gasteiger partial charge is 0.307 e. The Hall–Kier alpha value is -1.76. The van der Waals surface area contributed by atoms with Gasteiger partial charge < -0.3 is 10.4 Å². The monoisotopic (exact) mass is 265 g/mol. The number of allylic oxidation sites excluding steroid dienone is 2. The Labute approximate surface area is 107 Å². The number of carboxylic acids is 1. The van der Waals surface area contributed by atoms with Gasteiger partial charge >= 0.3 is 5.97 Å². The summed E-state index contributed by atoms with van der Waals surface area (Å²) in [6, 6.07) is 0. The maximum absolute atomic E-state index is 12.1. The zero-order valence-corrected chi connectivity index (χ0v) is 10.1. The van der Waals surface area contributed by atoms with E-state index >= 15 is 0 Å². The Kier molecular flexibility index (Phi) is 2.62. The van der Waals surface area contributed by atoms with Crippen LogP contribution in [0.5, 0.6) is 0 Å². The molecular formula is C11H11N3O3S. The molecule has 1 heterocycles. The van der Waals surface area contributed by atoms with Gasteiger partial charge in [-0.3, -0.25) is 9.59 Å². The van der Waals surface area contributed by atoms with E-state index in [0.29, 0.717) is 5.13 Å². The zero-order valence-electron chi connectivity index (χ0n) is 9.31. The van der Waals surface area contributed by atoms with Crippen LogP contribution in [-0.2, 0) is 9.59 Å².